The molecule has 116 valence electrons. The van der Waals surface area contributed by atoms with Crippen molar-refractivity contribution in [1.29, 1.82) is 0 Å². The number of hydrogen-bond acceptors (Lipinski definition) is 4. The Morgan fingerprint density at radius 1 is 1.17 bits per heavy atom. The number of thiocarbonyl (C=S) groups is 1. The van der Waals surface area contributed by atoms with Crippen LogP contribution in [0.4, 0.5) is 5.69 Å². The van der Waals surface area contributed by atoms with Gasteiger partial charge < -0.3 is 4.74 Å². The van der Waals surface area contributed by atoms with Crippen LogP contribution in [-0.2, 0) is 4.79 Å². The van der Waals surface area contributed by atoms with E-state index in [-0.39, 0.29) is 5.91 Å². The lowest BCUT2D eigenvalue weighted by atomic mass is 10.2. The summed E-state index contributed by atoms with van der Waals surface area (Å²) in [6.45, 7) is 0. The Kier molecular flexibility index (Phi) is 4.71. The van der Waals surface area contributed by atoms with Crippen molar-refractivity contribution >= 4 is 57.6 Å². The molecule has 0 saturated carbocycles. The first-order chi connectivity index (χ1) is 11.1. The molecular formula is C17H12ClNO2S2. The predicted molar refractivity (Wildman–Crippen MR) is 100 cm³/mol. The molecule has 1 aliphatic rings. The van der Waals surface area contributed by atoms with E-state index in [2.05, 4.69) is 0 Å². The van der Waals surface area contributed by atoms with E-state index in [9.17, 15) is 4.79 Å². The van der Waals surface area contributed by atoms with Gasteiger partial charge in [0.05, 0.1) is 17.7 Å². The number of carbonyl (C=O) groups is 1. The molecular weight excluding hydrogens is 350 g/mol. The summed E-state index contributed by atoms with van der Waals surface area (Å²) in [6, 6.07) is 14.6. The normalized spacial score (nSPS) is 16.3. The number of para-hydroxylation sites is 2. The Balaban J connectivity index is 1.95. The lowest BCUT2D eigenvalue weighted by molar-refractivity contribution is -0.113. The summed E-state index contributed by atoms with van der Waals surface area (Å²) in [5, 5.41) is 0.656. The van der Waals surface area contributed by atoms with Crippen LogP contribution in [0.2, 0.25) is 5.02 Å². The third-order valence-electron chi connectivity index (χ3n) is 3.29. The largest absolute Gasteiger partial charge is 0.495 e. The zero-order valence-electron chi connectivity index (χ0n) is 12.2. The molecule has 3 rings (SSSR count). The summed E-state index contributed by atoms with van der Waals surface area (Å²) in [4.78, 5) is 14.8. The fraction of sp³-hybridized carbons (Fsp3) is 0.0588. The molecule has 0 atom stereocenters. The Hall–Kier alpha value is -1.82. The molecule has 3 nitrogen and oxygen atoms in total. The zero-order chi connectivity index (χ0) is 16.4. The second kappa shape index (κ2) is 6.74. The van der Waals surface area contributed by atoms with E-state index < -0.39 is 0 Å². The van der Waals surface area contributed by atoms with Gasteiger partial charge in [0.1, 0.15) is 5.75 Å². The summed E-state index contributed by atoms with van der Waals surface area (Å²) in [5.41, 5.74) is 1.55. The van der Waals surface area contributed by atoms with Gasteiger partial charge in [0.2, 0.25) is 0 Å². The van der Waals surface area contributed by atoms with Crippen molar-refractivity contribution in [3.63, 3.8) is 0 Å². The standard InChI is InChI=1S/C17H12ClNO2S2/c1-21-14-5-3-2-4-13(14)19-16(20)15(23-17(19)22)10-11-6-8-12(18)9-7-11/h2-10H,1H3. The van der Waals surface area contributed by atoms with Crippen LogP contribution < -0.4 is 9.64 Å². The molecule has 0 aromatic heterocycles. The van der Waals surface area contributed by atoms with Gasteiger partial charge in [-0.05, 0) is 35.9 Å². The molecule has 0 spiro atoms. The van der Waals surface area contributed by atoms with Gasteiger partial charge in [-0.25, -0.2) is 0 Å². The maximum atomic E-state index is 12.7. The molecule has 0 N–H and O–H groups in total. The maximum absolute atomic E-state index is 12.7. The van der Waals surface area contributed by atoms with Crippen LogP contribution in [0.25, 0.3) is 6.08 Å². The van der Waals surface area contributed by atoms with Gasteiger partial charge in [0.25, 0.3) is 5.91 Å². The molecule has 0 bridgehead atoms. The SMILES string of the molecule is COc1ccccc1N1C(=O)C(=Cc2ccc(Cl)cc2)SC1=S. The van der Waals surface area contributed by atoms with Gasteiger partial charge in [-0.2, -0.15) is 0 Å². The molecule has 1 aliphatic heterocycles. The van der Waals surface area contributed by atoms with Crippen molar-refractivity contribution in [2.24, 2.45) is 0 Å². The molecule has 6 heteroatoms. The lowest BCUT2D eigenvalue weighted by Gasteiger charge is -2.17. The average Bonchev–Trinajstić information content (AvgIpc) is 2.83. The van der Waals surface area contributed by atoms with E-state index in [0.717, 1.165) is 5.56 Å². The molecule has 0 aliphatic carbocycles. The minimum Gasteiger partial charge on any atom is -0.495 e. The van der Waals surface area contributed by atoms with Crippen LogP contribution in [0.3, 0.4) is 0 Å². The lowest BCUT2D eigenvalue weighted by Crippen LogP contribution is -2.27. The van der Waals surface area contributed by atoms with Crippen LogP contribution in [0.5, 0.6) is 5.75 Å². The van der Waals surface area contributed by atoms with Crippen molar-refractivity contribution in [1.82, 2.24) is 0 Å². The Bertz CT molecular complexity index is 802. The number of rotatable bonds is 3. The van der Waals surface area contributed by atoms with E-state index in [0.29, 0.717) is 25.7 Å². The number of thioether (sulfide) groups is 1. The number of ether oxygens (including phenoxy) is 1. The monoisotopic (exact) mass is 361 g/mol. The molecule has 1 heterocycles. The van der Waals surface area contributed by atoms with Crippen LogP contribution in [0, 0.1) is 0 Å². The van der Waals surface area contributed by atoms with Gasteiger partial charge in [0, 0.05) is 5.02 Å². The number of methoxy groups -OCH3 is 1. The van der Waals surface area contributed by atoms with Crippen LogP contribution in [0.15, 0.2) is 53.4 Å². The van der Waals surface area contributed by atoms with Crippen molar-refractivity contribution in [2.75, 3.05) is 12.0 Å². The first-order valence-electron chi connectivity index (χ1n) is 6.76. The van der Waals surface area contributed by atoms with E-state index in [1.807, 2.05) is 36.4 Å². The number of amides is 1. The highest BCUT2D eigenvalue weighted by Crippen LogP contribution is 2.39. The van der Waals surface area contributed by atoms with Crippen molar-refractivity contribution in [3.8, 4) is 5.75 Å². The fourth-order valence-electron chi connectivity index (χ4n) is 2.20. The Labute approximate surface area is 148 Å². The van der Waals surface area contributed by atoms with Gasteiger partial charge in [-0.1, -0.05) is 59.8 Å². The summed E-state index contributed by atoms with van der Waals surface area (Å²) >= 11 is 12.5. The highest BCUT2D eigenvalue weighted by atomic mass is 35.5. The van der Waals surface area contributed by atoms with Crippen LogP contribution >= 0.6 is 35.6 Å². The number of anilines is 1. The second-order valence-corrected chi connectivity index (χ2v) is 6.85. The van der Waals surface area contributed by atoms with Gasteiger partial charge >= 0.3 is 0 Å². The quantitative estimate of drug-likeness (QED) is 0.582. The number of benzene rings is 2. The molecule has 2 aromatic rings. The average molecular weight is 362 g/mol. The van der Waals surface area contributed by atoms with E-state index in [1.54, 1.807) is 25.3 Å². The molecule has 1 amide bonds. The first kappa shape index (κ1) is 16.1. The number of carbonyl (C=O) groups excluding carboxylic acids is 1. The summed E-state index contributed by atoms with van der Waals surface area (Å²) in [6.07, 6.45) is 1.81. The molecule has 0 unspecified atom stereocenters. The van der Waals surface area contributed by atoms with E-state index in [1.165, 1.54) is 16.7 Å². The highest BCUT2D eigenvalue weighted by Gasteiger charge is 2.34. The summed E-state index contributed by atoms with van der Waals surface area (Å²) in [5.74, 6) is 0.455. The number of hydrogen-bond donors (Lipinski definition) is 0. The number of halogens is 1. The number of nitrogens with zero attached hydrogens (tertiary/aromatic N) is 1. The Morgan fingerprint density at radius 3 is 2.57 bits per heavy atom. The van der Waals surface area contributed by atoms with Gasteiger partial charge in [-0.15, -0.1) is 0 Å². The van der Waals surface area contributed by atoms with Crippen LogP contribution in [0.1, 0.15) is 5.56 Å². The van der Waals surface area contributed by atoms with Crippen molar-refractivity contribution in [2.45, 2.75) is 0 Å². The summed E-state index contributed by atoms with van der Waals surface area (Å²) < 4.78 is 5.81. The van der Waals surface area contributed by atoms with E-state index >= 15 is 0 Å². The molecule has 1 fully saturated rings. The topological polar surface area (TPSA) is 29.5 Å². The second-order valence-electron chi connectivity index (χ2n) is 4.74. The molecule has 2 aromatic carbocycles. The minimum atomic E-state index is -0.153. The first-order valence-corrected chi connectivity index (χ1v) is 8.37. The smallest absolute Gasteiger partial charge is 0.270 e. The summed E-state index contributed by atoms with van der Waals surface area (Å²) in [7, 11) is 1.57. The highest BCUT2D eigenvalue weighted by molar-refractivity contribution is 8.27. The maximum Gasteiger partial charge on any atom is 0.270 e. The zero-order valence-corrected chi connectivity index (χ0v) is 14.5. The predicted octanol–water partition coefficient (Wildman–Crippen LogP) is 4.75. The van der Waals surface area contributed by atoms with E-state index in [4.69, 9.17) is 28.6 Å². The fourth-order valence-corrected chi connectivity index (χ4v) is 3.61. The Morgan fingerprint density at radius 2 is 1.87 bits per heavy atom. The van der Waals surface area contributed by atoms with Gasteiger partial charge in [-0.3, -0.25) is 9.69 Å². The third-order valence-corrected chi connectivity index (χ3v) is 4.84. The van der Waals surface area contributed by atoms with Crippen LogP contribution in [-0.4, -0.2) is 17.3 Å². The van der Waals surface area contributed by atoms with Crippen molar-refractivity contribution < 1.29 is 9.53 Å². The minimum absolute atomic E-state index is 0.153. The molecule has 23 heavy (non-hydrogen) atoms. The van der Waals surface area contributed by atoms with Crippen molar-refractivity contribution in [3.05, 3.63) is 64.0 Å². The van der Waals surface area contributed by atoms with Gasteiger partial charge in [0.15, 0.2) is 4.32 Å². The third kappa shape index (κ3) is 3.27. The molecule has 1 saturated heterocycles. The molecule has 0 radical (unpaired) electrons.